The molecule has 0 saturated carbocycles. The van der Waals surface area contributed by atoms with E-state index in [0.29, 0.717) is 30.6 Å². The summed E-state index contributed by atoms with van der Waals surface area (Å²) in [5, 5.41) is 0.555. The van der Waals surface area contributed by atoms with Crippen LogP contribution in [-0.2, 0) is 6.18 Å². The minimum Gasteiger partial charge on any atom is -0.351 e. The van der Waals surface area contributed by atoms with Crippen molar-refractivity contribution < 1.29 is 22.4 Å². The maximum Gasteiger partial charge on any atom is 0.451 e. The summed E-state index contributed by atoms with van der Waals surface area (Å²) in [6.07, 6.45) is -3.91. The van der Waals surface area contributed by atoms with Gasteiger partial charge in [-0.3, -0.25) is 4.79 Å². The van der Waals surface area contributed by atoms with E-state index in [9.17, 15) is 22.4 Å². The van der Waals surface area contributed by atoms with Gasteiger partial charge in [0.15, 0.2) is 0 Å². The van der Waals surface area contributed by atoms with Crippen molar-refractivity contribution in [2.45, 2.75) is 18.6 Å². The second kappa shape index (κ2) is 7.18. The molecule has 3 heterocycles. The van der Waals surface area contributed by atoms with Gasteiger partial charge < -0.3 is 9.80 Å². The zero-order chi connectivity index (χ0) is 21.8. The number of fused-ring (bicyclic) bond motifs is 2. The van der Waals surface area contributed by atoms with Gasteiger partial charge in [-0.05, 0) is 42.8 Å². The molecule has 2 aromatic carbocycles. The summed E-state index contributed by atoms with van der Waals surface area (Å²) in [7, 11) is 0. The van der Waals surface area contributed by atoms with Crippen LogP contribution in [0.4, 0.5) is 23.4 Å². The summed E-state index contributed by atoms with van der Waals surface area (Å²) >= 11 is 0. The molecule has 5 nitrogen and oxygen atoms in total. The standard InChI is InChI=1S/C22H18F4N4O/c23-15-7-5-13(6-8-15)20(31)29-11-14-9-10-30(18(14)12-29)19-16-3-1-2-4-17(16)27-21(28-19)22(24,25)26/h1-8,14,18H,9-12H2. The van der Waals surface area contributed by atoms with Gasteiger partial charge in [0, 0.05) is 36.5 Å². The molecule has 9 heteroatoms. The van der Waals surface area contributed by atoms with E-state index in [0.717, 1.165) is 6.42 Å². The molecule has 0 bridgehead atoms. The number of anilines is 1. The van der Waals surface area contributed by atoms with Crippen molar-refractivity contribution in [3.8, 4) is 0 Å². The SMILES string of the molecule is O=C(c1ccc(F)cc1)N1CC2CCN(c3nc(C(F)(F)F)nc4ccccc34)C2C1. The largest absolute Gasteiger partial charge is 0.451 e. The van der Waals surface area contributed by atoms with Gasteiger partial charge in [0.1, 0.15) is 11.6 Å². The summed E-state index contributed by atoms with van der Waals surface area (Å²) in [4.78, 5) is 24.0. The van der Waals surface area contributed by atoms with Gasteiger partial charge in [-0.1, -0.05) is 12.1 Å². The van der Waals surface area contributed by atoms with Crippen molar-refractivity contribution >= 4 is 22.6 Å². The van der Waals surface area contributed by atoms with Gasteiger partial charge in [-0.25, -0.2) is 14.4 Å². The minimum atomic E-state index is -4.65. The number of benzene rings is 2. The third-order valence-electron chi connectivity index (χ3n) is 6.03. The van der Waals surface area contributed by atoms with Crippen molar-refractivity contribution in [2.75, 3.05) is 24.5 Å². The van der Waals surface area contributed by atoms with E-state index in [4.69, 9.17) is 0 Å². The summed E-state index contributed by atoms with van der Waals surface area (Å²) in [5.41, 5.74) is 0.625. The highest BCUT2D eigenvalue weighted by molar-refractivity contribution is 5.94. The van der Waals surface area contributed by atoms with Crippen LogP contribution in [0.3, 0.4) is 0 Å². The Labute approximate surface area is 175 Å². The molecule has 3 aromatic rings. The molecule has 5 rings (SSSR count). The van der Waals surface area contributed by atoms with Gasteiger partial charge in [-0.15, -0.1) is 0 Å². The average Bonchev–Trinajstić information content (AvgIpc) is 3.33. The highest BCUT2D eigenvalue weighted by Gasteiger charge is 2.45. The number of rotatable bonds is 2. The molecule has 2 unspecified atom stereocenters. The first kappa shape index (κ1) is 19.7. The molecule has 2 fully saturated rings. The Morgan fingerprint density at radius 3 is 2.48 bits per heavy atom. The Hall–Kier alpha value is -3.23. The zero-order valence-corrected chi connectivity index (χ0v) is 16.3. The van der Waals surface area contributed by atoms with E-state index < -0.39 is 17.8 Å². The van der Waals surface area contributed by atoms with E-state index in [-0.39, 0.29) is 29.2 Å². The lowest BCUT2D eigenvalue weighted by atomic mass is 10.1. The highest BCUT2D eigenvalue weighted by atomic mass is 19.4. The van der Waals surface area contributed by atoms with Crippen molar-refractivity contribution in [1.29, 1.82) is 0 Å². The average molecular weight is 430 g/mol. The molecule has 0 aliphatic carbocycles. The van der Waals surface area contributed by atoms with Crippen LogP contribution in [0.2, 0.25) is 0 Å². The molecule has 2 atom stereocenters. The van der Waals surface area contributed by atoms with Crippen molar-refractivity contribution in [3.63, 3.8) is 0 Å². The molecule has 2 aliphatic heterocycles. The number of aromatic nitrogens is 2. The molecule has 0 spiro atoms. The van der Waals surface area contributed by atoms with Crippen molar-refractivity contribution in [1.82, 2.24) is 14.9 Å². The summed E-state index contributed by atoms with van der Waals surface area (Å²) in [6.45, 7) is 1.44. The number of hydrogen-bond acceptors (Lipinski definition) is 4. The first-order valence-corrected chi connectivity index (χ1v) is 9.97. The molecule has 2 aliphatic rings. The molecule has 0 N–H and O–H groups in total. The molecule has 2 saturated heterocycles. The van der Waals surface area contributed by atoms with Crippen LogP contribution in [0.5, 0.6) is 0 Å². The number of hydrogen-bond donors (Lipinski definition) is 0. The number of nitrogens with zero attached hydrogens (tertiary/aromatic N) is 4. The van der Waals surface area contributed by atoms with E-state index in [2.05, 4.69) is 9.97 Å². The Balaban J connectivity index is 1.47. The Morgan fingerprint density at radius 2 is 1.74 bits per heavy atom. The maximum absolute atomic E-state index is 13.4. The van der Waals surface area contributed by atoms with Crippen molar-refractivity contribution in [2.24, 2.45) is 5.92 Å². The summed E-state index contributed by atoms with van der Waals surface area (Å²) in [6, 6.07) is 11.9. The smallest absolute Gasteiger partial charge is 0.351 e. The predicted molar refractivity (Wildman–Crippen MR) is 106 cm³/mol. The Kier molecular flexibility index (Phi) is 4.56. The third-order valence-corrected chi connectivity index (χ3v) is 6.03. The van der Waals surface area contributed by atoms with Gasteiger partial charge in [0.2, 0.25) is 5.82 Å². The number of alkyl halides is 3. The molecule has 31 heavy (non-hydrogen) atoms. The number of carbonyl (C=O) groups excluding carboxylic acids is 1. The minimum absolute atomic E-state index is 0.132. The second-order valence-corrected chi connectivity index (χ2v) is 7.91. The van der Waals surface area contributed by atoms with Crippen LogP contribution < -0.4 is 4.90 Å². The predicted octanol–water partition coefficient (Wildman–Crippen LogP) is 4.14. The quantitative estimate of drug-likeness (QED) is 0.574. The number of likely N-dealkylation sites (tertiary alicyclic amines) is 1. The fraction of sp³-hybridized carbons (Fsp3) is 0.318. The van der Waals surface area contributed by atoms with Gasteiger partial charge >= 0.3 is 6.18 Å². The molecule has 160 valence electrons. The highest BCUT2D eigenvalue weighted by Crippen LogP contribution is 2.39. The Bertz CT molecular complexity index is 1150. The Morgan fingerprint density at radius 1 is 1.00 bits per heavy atom. The van der Waals surface area contributed by atoms with Crippen LogP contribution in [0, 0.1) is 11.7 Å². The first-order valence-electron chi connectivity index (χ1n) is 9.97. The normalized spacial score (nSPS) is 21.0. The van der Waals surface area contributed by atoms with Crippen LogP contribution in [-0.4, -0.2) is 46.5 Å². The molecular formula is C22H18F4N4O. The molecule has 1 aromatic heterocycles. The van der Waals surface area contributed by atoms with Gasteiger partial charge in [0.05, 0.1) is 11.6 Å². The van der Waals surface area contributed by atoms with Gasteiger partial charge in [0.25, 0.3) is 5.91 Å². The third kappa shape index (κ3) is 3.47. The first-order chi connectivity index (χ1) is 14.8. The molecule has 0 radical (unpaired) electrons. The lowest BCUT2D eigenvalue weighted by Crippen LogP contribution is -2.38. The van der Waals surface area contributed by atoms with E-state index in [1.165, 1.54) is 24.3 Å². The summed E-state index contributed by atoms with van der Waals surface area (Å²) in [5.74, 6) is -1.41. The lowest BCUT2D eigenvalue weighted by Gasteiger charge is -2.27. The fourth-order valence-corrected chi connectivity index (χ4v) is 4.57. The van der Waals surface area contributed by atoms with E-state index in [1.807, 2.05) is 4.90 Å². The van der Waals surface area contributed by atoms with Gasteiger partial charge in [-0.2, -0.15) is 13.2 Å². The van der Waals surface area contributed by atoms with Crippen molar-refractivity contribution in [3.05, 3.63) is 65.7 Å². The molecule has 1 amide bonds. The zero-order valence-electron chi connectivity index (χ0n) is 16.3. The fourth-order valence-electron chi connectivity index (χ4n) is 4.57. The van der Waals surface area contributed by atoms with E-state index in [1.54, 1.807) is 29.2 Å². The van der Waals surface area contributed by atoms with Crippen LogP contribution in [0.25, 0.3) is 10.9 Å². The van der Waals surface area contributed by atoms with Crippen LogP contribution in [0.1, 0.15) is 22.6 Å². The second-order valence-electron chi connectivity index (χ2n) is 7.91. The maximum atomic E-state index is 13.4. The monoisotopic (exact) mass is 430 g/mol. The number of para-hydroxylation sites is 1. The van der Waals surface area contributed by atoms with Crippen LogP contribution >= 0.6 is 0 Å². The number of halogens is 4. The van der Waals surface area contributed by atoms with Crippen LogP contribution in [0.15, 0.2) is 48.5 Å². The molecular weight excluding hydrogens is 412 g/mol. The number of amides is 1. The topological polar surface area (TPSA) is 49.3 Å². The lowest BCUT2D eigenvalue weighted by molar-refractivity contribution is -0.144. The number of carbonyl (C=O) groups is 1. The summed E-state index contributed by atoms with van der Waals surface area (Å²) < 4.78 is 53.4. The van der Waals surface area contributed by atoms with E-state index >= 15 is 0 Å².